The largest absolute Gasteiger partial charge is 0.462 e. The monoisotopic (exact) mass is 401 g/mol. The Balaban J connectivity index is 1.81. The Morgan fingerprint density at radius 1 is 1.18 bits per heavy atom. The van der Waals surface area contributed by atoms with E-state index < -0.39 is 11.9 Å². The highest BCUT2D eigenvalue weighted by Gasteiger charge is 2.40. The first-order valence-corrected chi connectivity index (χ1v) is 10.1. The standard InChI is InChI=1S/C21H23NO5S/c1-4-26-21(25)18-17(14-8-6-5-7-9-14)13(3)28-19(18)22-16(23)11-27-20(24)15-10-12(15)2/h5-9,12,15H,4,10-11H2,1-3H3,(H,22,23)/t12-,15+/m0/s1. The Labute approximate surface area is 167 Å². The third-order valence-corrected chi connectivity index (χ3v) is 5.66. The summed E-state index contributed by atoms with van der Waals surface area (Å²) in [6.45, 7) is 5.45. The number of anilines is 1. The number of nitrogens with one attached hydrogen (secondary N) is 1. The maximum atomic E-state index is 12.6. The Bertz CT molecular complexity index is 890. The van der Waals surface area contributed by atoms with Gasteiger partial charge in [-0.25, -0.2) is 4.79 Å². The van der Waals surface area contributed by atoms with Crippen molar-refractivity contribution in [2.75, 3.05) is 18.5 Å². The van der Waals surface area contributed by atoms with Crippen LogP contribution in [-0.2, 0) is 19.1 Å². The lowest BCUT2D eigenvalue weighted by Gasteiger charge is -2.09. The molecule has 0 bridgehead atoms. The molecule has 0 unspecified atom stereocenters. The topological polar surface area (TPSA) is 81.7 Å². The summed E-state index contributed by atoms with van der Waals surface area (Å²) in [5, 5.41) is 3.11. The van der Waals surface area contributed by atoms with Crippen LogP contribution in [0.2, 0.25) is 0 Å². The molecule has 1 aromatic carbocycles. The van der Waals surface area contributed by atoms with Crippen molar-refractivity contribution in [2.45, 2.75) is 27.2 Å². The van der Waals surface area contributed by atoms with Gasteiger partial charge < -0.3 is 14.8 Å². The summed E-state index contributed by atoms with van der Waals surface area (Å²) in [6.07, 6.45) is 0.804. The molecule has 1 aromatic heterocycles. The lowest BCUT2D eigenvalue weighted by atomic mass is 10.0. The summed E-state index contributed by atoms with van der Waals surface area (Å²) in [7, 11) is 0. The molecule has 148 valence electrons. The highest BCUT2D eigenvalue weighted by atomic mass is 32.1. The summed E-state index contributed by atoms with van der Waals surface area (Å²) in [6, 6.07) is 9.48. The Kier molecular flexibility index (Phi) is 6.14. The van der Waals surface area contributed by atoms with E-state index in [0.29, 0.717) is 16.5 Å². The third-order valence-electron chi connectivity index (χ3n) is 4.64. The average molecular weight is 401 g/mol. The van der Waals surface area contributed by atoms with Crippen molar-refractivity contribution in [2.24, 2.45) is 11.8 Å². The minimum Gasteiger partial charge on any atom is -0.462 e. The second-order valence-electron chi connectivity index (χ2n) is 6.80. The molecule has 7 heteroatoms. The number of benzene rings is 1. The van der Waals surface area contributed by atoms with Gasteiger partial charge >= 0.3 is 11.9 Å². The van der Waals surface area contributed by atoms with Crippen molar-refractivity contribution in [1.29, 1.82) is 0 Å². The van der Waals surface area contributed by atoms with E-state index in [4.69, 9.17) is 9.47 Å². The fourth-order valence-corrected chi connectivity index (χ4v) is 4.12. The van der Waals surface area contributed by atoms with Gasteiger partial charge in [0.25, 0.3) is 5.91 Å². The van der Waals surface area contributed by atoms with Gasteiger partial charge in [-0.15, -0.1) is 11.3 Å². The van der Waals surface area contributed by atoms with Crippen LogP contribution in [0.25, 0.3) is 11.1 Å². The van der Waals surface area contributed by atoms with E-state index in [1.807, 2.05) is 44.2 Å². The average Bonchev–Trinajstić information content (AvgIpc) is 3.31. The Morgan fingerprint density at radius 3 is 2.46 bits per heavy atom. The van der Waals surface area contributed by atoms with Crippen LogP contribution in [0.5, 0.6) is 0 Å². The summed E-state index contributed by atoms with van der Waals surface area (Å²) in [5.74, 6) is -1.10. The van der Waals surface area contributed by atoms with Crippen molar-refractivity contribution in [3.63, 3.8) is 0 Å². The molecule has 1 aliphatic rings. The zero-order chi connectivity index (χ0) is 20.3. The van der Waals surface area contributed by atoms with Gasteiger partial charge in [0.05, 0.1) is 12.5 Å². The van der Waals surface area contributed by atoms with Crippen LogP contribution in [0.1, 0.15) is 35.5 Å². The van der Waals surface area contributed by atoms with Crippen molar-refractivity contribution in [3.8, 4) is 11.1 Å². The normalized spacial score (nSPS) is 17.7. The van der Waals surface area contributed by atoms with Crippen LogP contribution in [0.3, 0.4) is 0 Å². The lowest BCUT2D eigenvalue weighted by Crippen LogP contribution is -2.22. The van der Waals surface area contributed by atoms with Crippen LogP contribution < -0.4 is 5.32 Å². The first-order valence-electron chi connectivity index (χ1n) is 9.24. The van der Waals surface area contributed by atoms with Crippen molar-refractivity contribution >= 4 is 34.2 Å². The molecule has 0 aliphatic heterocycles. The molecule has 2 aromatic rings. The number of hydrogen-bond acceptors (Lipinski definition) is 6. The second-order valence-corrected chi connectivity index (χ2v) is 8.02. The zero-order valence-corrected chi connectivity index (χ0v) is 16.9. The first-order chi connectivity index (χ1) is 13.4. The summed E-state index contributed by atoms with van der Waals surface area (Å²) in [4.78, 5) is 37.6. The highest BCUT2D eigenvalue weighted by molar-refractivity contribution is 7.17. The van der Waals surface area contributed by atoms with Gasteiger partial charge in [-0.05, 0) is 31.7 Å². The van der Waals surface area contributed by atoms with E-state index in [2.05, 4.69) is 5.32 Å². The van der Waals surface area contributed by atoms with E-state index in [1.54, 1.807) is 6.92 Å². The predicted octanol–water partition coefficient (Wildman–Crippen LogP) is 4.04. The van der Waals surface area contributed by atoms with Crippen LogP contribution in [0.4, 0.5) is 5.00 Å². The molecule has 3 rings (SSSR count). The van der Waals surface area contributed by atoms with E-state index in [9.17, 15) is 14.4 Å². The number of amides is 1. The van der Waals surface area contributed by atoms with Gasteiger partial charge in [-0.3, -0.25) is 9.59 Å². The second kappa shape index (κ2) is 8.56. The zero-order valence-electron chi connectivity index (χ0n) is 16.1. The molecule has 1 fully saturated rings. The minimum absolute atomic E-state index is 0.100. The van der Waals surface area contributed by atoms with E-state index in [-0.39, 0.29) is 25.1 Å². The number of aryl methyl sites for hydroxylation is 1. The van der Waals surface area contributed by atoms with E-state index in [1.165, 1.54) is 11.3 Å². The predicted molar refractivity (Wildman–Crippen MR) is 107 cm³/mol. The number of rotatable bonds is 7. The number of esters is 2. The number of thiophene rings is 1. The molecule has 1 N–H and O–H groups in total. The molecular weight excluding hydrogens is 378 g/mol. The van der Waals surface area contributed by atoms with Crippen LogP contribution in [-0.4, -0.2) is 31.1 Å². The summed E-state index contributed by atoms with van der Waals surface area (Å²) < 4.78 is 10.3. The van der Waals surface area contributed by atoms with E-state index >= 15 is 0 Å². The molecule has 1 aliphatic carbocycles. The smallest absolute Gasteiger partial charge is 0.341 e. The fraction of sp³-hybridized carbons (Fsp3) is 0.381. The molecule has 0 saturated heterocycles. The molecule has 0 spiro atoms. The number of hydrogen-bond donors (Lipinski definition) is 1. The number of carbonyl (C=O) groups excluding carboxylic acids is 3. The minimum atomic E-state index is -0.496. The van der Waals surface area contributed by atoms with Gasteiger partial charge in [0.1, 0.15) is 10.6 Å². The Morgan fingerprint density at radius 2 is 1.86 bits per heavy atom. The molecule has 0 radical (unpaired) electrons. The molecule has 6 nitrogen and oxygen atoms in total. The third kappa shape index (κ3) is 4.42. The van der Waals surface area contributed by atoms with Gasteiger partial charge in [0.2, 0.25) is 0 Å². The van der Waals surface area contributed by atoms with Crippen molar-refractivity contribution in [3.05, 3.63) is 40.8 Å². The lowest BCUT2D eigenvalue weighted by molar-refractivity contribution is -0.148. The summed E-state index contributed by atoms with van der Waals surface area (Å²) in [5.41, 5.74) is 1.93. The molecular formula is C21H23NO5S. The molecule has 2 atom stereocenters. The van der Waals surface area contributed by atoms with Crippen LogP contribution >= 0.6 is 11.3 Å². The van der Waals surface area contributed by atoms with Crippen LogP contribution in [0.15, 0.2) is 30.3 Å². The molecule has 1 heterocycles. The maximum Gasteiger partial charge on any atom is 0.341 e. The number of ether oxygens (including phenoxy) is 2. The van der Waals surface area contributed by atoms with Gasteiger partial charge in [0, 0.05) is 10.4 Å². The van der Waals surface area contributed by atoms with Crippen LogP contribution in [0, 0.1) is 18.8 Å². The Hall–Kier alpha value is -2.67. The maximum absolute atomic E-state index is 12.6. The number of carbonyl (C=O) groups is 3. The van der Waals surface area contributed by atoms with Gasteiger partial charge in [0.15, 0.2) is 6.61 Å². The van der Waals surface area contributed by atoms with Gasteiger partial charge in [-0.2, -0.15) is 0 Å². The molecule has 28 heavy (non-hydrogen) atoms. The van der Waals surface area contributed by atoms with Gasteiger partial charge in [-0.1, -0.05) is 37.3 Å². The van der Waals surface area contributed by atoms with Crippen molar-refractivity contribution < 1.29 is 23.9 Å². The molecule has 1 amide bonds. The fourth-order valence-electron chi connectivity index (χ4n) is 3.04. The highest BCUT2D eigenvalue weighted by Crippen LogP contribution is 2.40. The van der Waals surface area contributed by atoms with Crippen molar-refractivity contribution in [1.82, 2.24) is 0 Å². The SMILES string of the molecule is CCOC(=O)c1c(NC(=O)COC(=O)[C@@H]2C[C@@H]2C)sc(C)c1-c1ccccc1. The quantitative estimate of drug-likeness (QED) is 0.708. The van der Waals surface area contributed by atoms with E-state index in [0.717, 1.165) is 22.4 Å². The molecule has 1 saturated carbocycles. The summed E-state index contributed by atoms with van der Waals surface area (Å²) >= 11 is 1.30. The first kappa shape index (κ1) is 20.1.